The molecule has 1 atom stereocenters. The third kappa shape index (κ3) is 2.66. The van der Waals surface area contributed by atoms with Crippen molar-refractivity contribution >= 4 is 17.4 Å². The summed E-state index contributed by atoms with van der Waals surface area (Å²) in [5, 5.41) is 11.1. The number of imidazole rings is 1. The van der Waals surface area contributed by atoms with Gasteiger partial charge in [0.15, 0.2) is 0 Å². The number of aromatic nitrogens is 2. The molecule has 2 N–H and O–H groups in total. The maximum absolute atomic E-state index is 13.1. The molecule has 118 valence electrons. The smallest absolute Gasteiger partial charge is 0.420 e. The van der Waals surface area contributed by atoms with Crippen molar-refractivity contribution in [3.8, 4) is 0 Å². The largest absolute Gasteiger partial charge is 0.465 e. The van der Waals surface area contributed by atoms with Gasteiger partial charge in [0.05, 0.1) is 11.7 Å². The van der Waals surface area contributed by atoms with Gasteiger partial charge in [0, 0.05) is 31.7 Å². The molecule has 3 heterocycles. The number of amides is 1. The number of nitrogens with zero attached hydrogens (tertiary/aromatic N) is 3. The Hall–Kier alpha value is -2.45. The number of nitrogens with one attached hydrogen (secondary N) is 1. The van der Waals surface area contributed by atoms with Gasteiger partial charge in [-0.2, -0.15) is 13.2 Å². The fourth-order valence-electron chi connectivity index (χ4n) is 2.69. The Balaban J connectivity index is 1.93. The second-order valence-electron chi connectivity index (χ2n) is 5.15. The summed E-state index contributed by atoms with van der Waals surface area (Å²) in [4.78, 5) is 16.1. The van der Waals surface area contributed by atoms with E-state index in [0.29, 0.717) is 25.2 Å². The predicted octanol–water partition coefficient (Wildman–Crippen LogP) is 2.20. The molecular formula is C13H13F3N4O2. The molecule has 6 nitrogen and oxygen atoms in total. The summed E-state index contributed by atoms with van der Waals surface area (Å²) in [6, 6.07) is 0.774. The third-order valence-electron chi connectivity index (χ3n) is 3.66. The van der Waals surface area contributed by atoms with E-state index in [4.69, 9.17) is 5.11 Å². The van der Waals surface area contributed by atoms with E-state index in [9.17, 15) is 18.0 Å². The Bertz CT molecular complexity index is 713. The van der Waals surface area contributed by atoms with Crippen LogP contribution in [0.3, 0.4) is 0 Å². The Morgan fingerprint density at radius 2 is 2.23 bits per heavy atom. The van der Waals surface area contributed by atoms with Crippen LogP contribution >= 0.6 is 0 Å². The minimum atomic E-state index is -4.50. The summed E-state index contributed by atoms with van der Waals surface area (Å²) >= 11 is 0. The second-order valence-corrected chi connectivity index (χ2v) is 5.15. The quantitative estimate of drug-likeness (QED) is 0.891. The van der Waals surface area contributed by atoms with Crippen molar-refractivity contribution in [2.24, 2.45) is 0 Å². The molecule has 0 saturated carbocycles. The van der Waals surface area contributed by atoms with E-state index in [1.807, 2.05) is 0 Å². The molecule has 1 aliphatic heterocycles. The fraction of sp³-hybridized carbons (Fsp3) is 0.385. The summed E-state index contributed by atoms with van der Waals surface area (Å²) in [7, 11) is 0. The van der Waals surface area contributed by atoms with Gasteiger partial charge in [-0.25, -0.2) is 9.78 Å². The summed E-state index contributed by atoms with van der Waals surface area (Å²) in [5.74, 6) is 0. The van der Waals surface area contributed by atoms with Crippen LogP contribution in [0, 0.1) is 0 Å². The van der Waals surface area contributed by atoms with E-state index < -0.39 is 17.8 Å². The van der Waals surface area contributed by atoms with Gasteiger partial charge in [0.25, 0.3) is 0 Å². The normalized spacial score (nSPS) is 18.9. The summed E-state index contributed by atoms with van der Waals surface area (Å²) in [6.45, 7) is 0.826. The molecule has 1 aliphatic rings. The summed E-state index contributed by atoms with van der Waals surface area (Å²) in [5.41, 5.74) is -0.548. The number of hydrogen-bond donors (Lipinski definition) is 2. The van der Waals surface area contributed by atoms with Gasteiger partial charge >= 0.3 is 12.3 Å². The Labute approximate surface area is 123 Å². The van der Waals surface area contributed by atoms with E-state index in [-0.39, 0.29) is 11.7 Å². The lowest BCUT2D eigenvalue weighted by Gasteiger charge is -2.20. The first-order valence-electron chi connectivity index (χ1n) is 6.63. The van der Waals surface area contributed by atoms with E-state index in [1.165, 1.54) is 16.8 Å². The predicted molar refractivity (Wildman–Crippen MR) is 72.0 cm³/mol. The van der Waals surface area contributed by atoms with Gasteiger partial charge in [-0.05, 0) is 12.5 Å². The van der Waals surface area contributed by atoms with Gasteiger partial charge in [-0.15, -0.1) is 0 Å². The van der Waals surface area contributed by atoms with Crippen molar-refractivity contribution in [1.29, 1.82) is 0 Å². The van der Waals surface area contributed by atoms with Crippen LogP contribution in [0.1, 0.15) is 12.0 Å². The van der Waals surface area contributed by atoms with Crippen LogP contribution in [0.25, 0.3) is 5.65 Å². The fourth-order valence-corrected chi connectivity index (χ4v) is 2.69. The highest BCUT2D eigenvalue weighted by molar-refractivity contribution is 5.65. The van der Waals surface area contributed by atoms with Crippen molar-refractivity contribution in [3.63, 3.8) is 0 Å². The first-order valence-corrected chi connectivity index (χ1v) is 6.63. The number of hydrogen-bond acceptors (Lipinski definition) is 3. The van der Waals surface area contributed by atoms with Crippen LogP contribution in [0.5, 0.6) is 0 Å². The Morgan fingerprint density at radius 1 is 1.45 bits per heavy atom. The zero-order valence-electron chi connectivity index (χ0n) is 11.3. The van der Waals surface area contributed by atoms with Crippen molar-refractivity contribution < 1.29 is 23.1 Å². The molecule has 1 fully saturated rings. The van der Waals surface area contributed by atoms with E-state index in [2.05, 4.69) is 10.3 Å². The lowest BCUT2D eigenvalue weighted by molar-refractivity contribution is -0.136. The standard InChI is InChI=1S/C13H13F3N4O2/c14-13(15,16)10-5-9(7-20-4-2-17-11(10)20)19-3-1-8(6-19)18-12(21)22/h2,4-5,7-8,18H,1,3,6H2,(H,21,22). The van der Waals surface area contributed by atoms with Crippen molar-refractivity contribution in [2.75, 3.05) is 18.0 Å². The molecule has 1 saturated heterocycles. The van der Waals surface area contributed by atoms with Crippen LogP contribution in [0.15, 0.2) is 24.7 Å². The molecule has 2 aromatic rings. The third-order valence-corrected chi connectivity index (χ3v) is 3.66. The second kappa shape index (κ2) is 5.08. The first-order chi connectivity index (χ1) is 10.3. The molecule has 2 aromatic heterocycles. The van der Waals surface area contributed by atoms with Gasteiger partial charge in [0.2, 0.25) is 0 Å². The van der Waals surface area contributed by atoms with E-state index in [0.717, 1.165) is 6.07 Å². The van der Waals surface area contributed by atoms with Gasteiger partial charge < -0.3 is 19.7 Å². The van der Waals surface area contributed by atoms with Crippen LogP contribution in [-0.2, 0) is 6.18 Å². The highest BCUT2D eigenvalue weighted by atomic mass is 19.4. The average molecular weight is 314 g/mol. The van der Waals surface area contributed by atoms with Crippen molar-refractivity contribution in [1.82, 2.24) is 14.7 Å². The molecule has 1 amide bonds. The van der Waals surface area contributed by atoms with E-state index in [1.54, 1.807) is 11.1 Å². The molecule has 0 radical (unpaired) electrons. The number of rotatable bonds is 2. The number of pyridine rings is 1. The highest BCUT2D eigenvalue weighted by Crippen LogP contribution is 2.35. The Kier molecular flexibility index (Phi) is 3.34. The minimum absolute atomic E-state index is 0.143. The van der Waals surface area contributed by atoms with Crippen molar-refractivity contribution in [2.45, 2.75) is 18.6 Å². The highest BCUT2D eigenvalue weighted by Gasteiger charge is 2.35. The zero-order chi connectivity index (χ0) is 15.9. The number of fused-ring (bicyclic) bond motifs is 1. The number of carboxylic acid groups (broad SMARTS) is 1. The van der Waals surface area contributed by atoms with Gasteiger partial charge in [-0.3, -0.25) is 0 Å². The van der Waals surface area contributed by atoms with E-state index >= 15 is 0 Å². The topological polar surface area (TPSA) is 69.9 Å². The molecule has 0 spiro atoms. The van der Waals surface area contributed by atoms with Crippen LogP contribution in [0.2, 0.25) is 0 Å². The molecule has 3 rings (SSSR count). The lowest BCUT2D eigenvalue weighted by atomic mass is 10.2. The maximum Gasteiger partial charge on any atom is 0.420 e. The molecular weight excluding hydrogens is 301 g/mol. The van der Waals surface area contributed by atoms with Crippen LogP contribution in [-0.4, -0.2) is 39.7 Å². The maximum atomic E-state index is 13.1. The SMILES string of the molecule is O=C(O)NC1CCN(c2cc(C(F)(F)F)c3nccn3c2)C1. The summed E-state index contributed by atoms with van der Waals surface area (Å²) < 4.78 is 40.8. The molecule has 0 aliphatic carbocycles. The Morgan fingerprint density at radius 3 is 2.91 bits per heavy atom. The average Bonchev–Trinajstić information content (AvgIpc) is 3.03. The lowest BCUT2D eigenvalue weighted by Crippen LogP contribution is -2.36. The molecule has 22 heavy (non-hydrogen) atoms. The first kappa shape index (κ1) is 14.5. The molecule has 1 unspecified atom stereocenters. The van der Waals surface area contributed by atoms with Crippen LogP contribution in [0.4, 0.5) is 23.7 Å². The molecule has 0 aromatic carbocycles. The van der Waals surface area contributed by atoms with Crippen molar-refractivity contribution in [3.05, 3.63) is 30.2 Å². The number of alkyl halides is 3. The monoisotopic (exact) mass is 314 g/mol. The van der Waals surface area contributed by atoms with Gasteiger partial charge in [-0.1, -0.05) is 0 Å². The van der Waals surface area contributed by atoms with Crippen LogP contribution < -0.4 is 10.2 Å². The minimum Gasteiger partial charge on any atom is -0.465 e. The zero-order valence-corrected chi connectivity index (χ0v) is 11.3. The van der Waals surface area contributed by atoms with Gasteiger partial charge in [0.1, 0.15) is 11.2 Å². The summed E-state index contributed by atoms with van der Waals surface area (Å²) in [6.07, 6.45) is -0.741. The molecule has 9 heteroatoms. The number of carbonyl (C=O) groups is 1. The molecule has 0 bridgehead atoms. The number of halogens is 3. The number of anilines is 1.